The molecule has 2 fully saturated rings. The van der Waals surface area contributed by atoms with Crippen molar-refractivity contribution in [3.05, 3.63) is 0 Å². The SMILES string of the molecule is CC1CCC(CC(=O)N2CCC(OCCCN)CC2)C1. The van der Waals surface area contributed by atoms with Crippen LogP contribution in [0.3, 0.4) is 0 Å². The fourth-order valence-electron chi connectivity index (χ4n) is 3.49. The Morgan fingerprint density at radius 1 is 1.25 bits per heavy atom. The van der Waals surface area contributed by atoms with Gasteiger partial charge in [0.25, 0.3) is 0 Å². The number of likely N-dealkylation sites (tertiary alicyclic amines) is 1. The summed E-state index contributed by atoms with van der Waals surface area (Å²) in [5, 5.41) is 0. The van der Waals surface area contributed by atoms with Crippen molar-refractivity contribution < 1.29 is 9.53 Å². The summed E-state index contributed by atoms with van der Waals surface area (Å²) in [6, 6.07) is 0. The number of nitrogens with zero attached hydrogens (tertiary/aromatic N) is 1. The Bertz CT molecular complexity index is 301. The highest BCUT2D eigenvalue weighted by atomic mass is 16.5. The van der Waals surface area contributed by atoms with Crippen molar-refractivity contribution in [2.75, 3.05) is 26.2 Å². The number of hydrogen-bond acceptors (Lipinski definition) is 3. The summed E-state index contributed by atoms with van der Waals surface area (Å²) < 4.78 is 5.78. The molecule has 4 nitrogen and oxygen atoms in total. The molecule has 4 heteroatoms. The molecule has 2 unspecified atom stereocenters. The first-order chi connectivity index (χ1) is 9.69. The van der Waals surface area contributed by atoms with E-state index in [1.165, 1.54) is 19.3 Å². The standard InChI is InChI=1S/C16H30N2O2/c1-13-3-4-14(11-13)12-16(19)18-8-5-15(6-9-18)20-10-2-7-17/h13-15H,2-12,17H2,1H3. The van der Waals surface area contributed by atoms with E-state index in [1.807, 2.05) is 4.90 Å². The van der Waals surface area contributed by atoms with Gasteiger partial charge >= 0.3 is 0 Å². The van der Waals surface area contributed by atoms with E-state index in [4.69, 9.17) is 10.5 Å². The molecule has 1 aliphatic heterocycles. The molecule has 0 bridgehead atoms. The third kappa shape index (κ3) is 4.74. The van der Waals surface area contributed by atoms with E-state index in [2.05, 4.69) is 6.92 Å². The van der Waals surface area contributed by atoms with E-state index in [0.29, 0.717) is 24.5 Å². The van der Waals surface area contributed by atoms with Gasteiger partial charge in [0.1, 0.15) is 0 Å². The van der Waals surface area contributed by atoms with Crippen LogP contribution in [0.25, 0.3) is 0 Å². The van der Waals surface area contributed by atoms with E-state index in [1.54, 1.807) is 0 Å². The normalized spacial score (nSPS) is 28.0. The molecular formula is C16H30N2O2. The average molecular weight is 282 g/mol. The molecule has 116 valence electrons. The zero-order valence-corrected chi connectivity index (χ0v) is 12.9. The van der Waals surface area contributed by atoms with Crippen molar-refractivity contribution >= 4 is 5.91 Å². The van der Waals surface area contributed by atoms with Crippen LogP contribution in [0.1, 0.15) is 51.9 Å². The molecular weight excluding hydrogens is 252 g/mol. The lowest BCUT2D eigenvalue weighted by Crippen LogP contribution is -2.41. The van der Waals surface area contributed by atoms with Crippen LogP contribution in [0.4, 0.5) is 0 Å². The third-order valence-corrected chi connectivity index (χ3v) is 4.76. The molecule has 0 aromatic heterocycles. The second-order valence-electron chi connectivity index (χ2n) is 6.58. The molecule has 0 aromatic carbocycles. The monoisotopic (exact) mass is 282 g/mol. The average Bonchev–Trinajstić information content (AvgIpc) is 2.85. The summed E-state index contributed by atoms with van der Waals surface area (Å²) in [5.74, 6) is 1.81. The van der Waals surface area contributed by atoms with Crippen LogP contribution in [0.2, 0.25) is 0 Å². The third-order valence-electron chi connectivity index (χ3n) is 4.76. The van der Waals surface area contributed by atoms with Gasteiger partial charge in [-0.25, -0.2) is 0 Å². The van der Waals surface area contributed by atoms with Crippen LogP contribution in [-0.4, -0.2) is 43.2 Å². The molecule has 2 N–H and O–H groups in total. The highest BCUT2D eigenvalue weighted by molar-refractivity contribution is 5.76. The van der Waals surface area contributed by atoms with Crippen LogP contribution in [0.5, 0.6) is 0 Å². The Hall–Kier alpha value is -0.610. The van der Waals surface area contributed by atoms with Crippen LogP contribution in [-0.2, 0) is 9.53 Å². The van der Waals surface area contributed by atoms with Gasteiger partial charge < -0.3 is 15.4 Å². The second-order valence-corrected chi connectivity index (χ2v) is 6.58. The van der Waals surface area contributed by atoms with Gasteiger partial charge in [-0.3, -0.25) is 4.79 Å². The number of carbonyl (C=O) groups excluding carboxylic acids is 1. The Morgan fingerprint density at radius 3 is 2.60 bits per heavy atom. The van der Waals surface area contributed by atoms with Crippen LogP contribution >= 0.6 is 0 Å². The number of rotatable bonds is 6. The smallest absolute Gasteiger partial charge is 0.222 e. The molecule has 2 rings (SSSR count). The molecule has 0 aromatic rings. The molecule has 0 radical (unpaired) electrons. The molecule has 1 saturated carbocycles. The van der Waals surface area contributed by atoms with Gasteiger partial charge in [-0.15, -0.1) is 0 Å². The molecule has 2 aliphatic rings. The first-order valence-electron chi connectivity index (χ1n) is 8.28. The fraction of sp³-hybridized carbons (Fsp3) is 0.938. The van der Waals surface area contributed by atoms with E-state index in [0.717, 1.165) is 51.3 Å². The van der Waals surface area contributed by atoms with Crippen molar-refractivity contribution in [1.82, 2.24) is 4.90 Å². The van der Waals surface area contributed by atoms with E-state index in [-0.39, 0.29) is 0 Å². The van der Waals surface area contributed by atoms with Gasteiger partial charge in [0.05, 0.1) is 6.10 Å². The first kappa shape index (κ1) is 15.8. The zero-order valence-electron chi connectivity index (χ0n) is 12.9. The first-order valence-corrected chi connectivity index (χ1v) is 8.28. The summed E-state index contributed by atoms with van der Waals surface area (Å²) in [6.07, 6.45) is 7.78. The predicted molar refractivity (Wildman–Crippen MR) is 80.3 cm³/mol. The number of amides is 1. The molecule has 20 heavy (non-hydrogen) atoms. The number of piperidine rings is 1. The summed E-state index contributed by atoms with van der Waals surface area (Å²) >= 11 is 0. The largest absolute Gasteiger partial charge is 0.378 e. The lowest BCUT2D eigenvalue weighted by atomic mass is 10.00. The van der Waals surface area contributed by atoms with Gasteiger partial charge in [0.15, 0.2) is 0 Å². The summed E-state index contributed by atoms with van der Waals surface area (Å²) in [6.45, 7) is 5.49. The molecule has 1 amide bonds. The van der Waals surface area contributed by atoms with Crippen LogP contribution in [0, 0.1) is 11.8 Å². The highest BCUT2D eigenvalue weighted by Gasteiger charge is 2.28. The maximum atomic E-state index is 12.3. The molecule has 2 atom stereocenters. The number of nitrogens with two attached hydrogens (primary N) is 1. The van der Waals surface area contributed by atoms with E-state index in [9.17, 15) is 4.79 Å². The van der Waals surface area contributed by atoms with Crippen molar-refractivity contribution in [2.24, 2.45) is 17.6 Å². The van der Waals surface area contributed by atoms with Crippen LogP contribution in [0.15, 0.2) is 0 Å². The van der Waals surface area contributed by atoms with Gasteiger partial charge in [-0.05, 0) is 50.5 Å². The van der Waals surface area contributed by atoms with Gasteiger partial charge in [-0.1, -0.05) is 13.3 Å². The van der Waals surface area contributed by atoms with Gasteiger partial charge in [-0.2, -0.15) is 0 Å². The minimum atomic E-state index is 0.331. The molecule has 0 spiro atoms. The van der Waals surface area contributed by atoms with E-state index < -0.39 is 0 Å². The lowest BCUT2D eigenvalue weighted by Gasteiger charge is -2.32. The number of ether oxygens (including phenoxy) is 1. The molecule has 1 saturated heterocycles. The Morgan fingerprint density at radius 2 is 2.00 bits per heavy atom. The van der Waals surface area contributed by atoms with Crippen LogP contribution < -0.4 is 5.73 Å². The maximum Gasteiger partial charge on any atom is 0.222 e. The van der Waals surface area contributed by atoms with Gasteiger partial charge in [0, 0.05) is 26.1 Å². The molecule has 1 heterocycles. The minimum absolute atomic E-state index is 0.331. The van der Waals surface area contributed by atoms with Crippen molar-refractivity contribution in [2.45, 2.75) is 58.0 Å². The summed E-state index contributed by atoms with van der Waals surface area (Å²) in [7, 11) is 0. The van der Waals surface area contributed by atoms with Crippen molar-refractivity contribution in [3.63, 3.8) is 0 Å². The minimum Gasteiger partial charge on any atom is -0.378 e. The summed E-state index contributed by atoms with van der Waals surface area (Å²) in [4.78, 5) is 14.3. The Labute approximate surface area is 123 Å². The second kappa shape index (κ2) is 7.99. The zero-order chi connectivity index (χ0) is 14.4. The topological polar surface area (TPSA) is 55.6 Å². The Kier molecular flexibility index (Phi) is 6.30. The maximum absolute atomic E-state index is 12.3. The Balaban J connectivity index is 1.64. The van der Waals surface area contributed by atoms with Crippen molar-refractivity contribution in [1.29, 1.82) is 0 Å². The van der Waals surface area contributed by atoms with Gasteiger partial charge in [0.2, 0.25) is 5.91 Å². The fourth-order valence-corrected chi connectivity index (χ4v) is 3.49. The highest BCUT2D eigenvalue weighted by Crippen LogP contribution is 2.33. The number of hydrogen-bond donors (Lipinski definition) is 1. The van der Waals surface area contributed by atoms with E-state index >= 15 is 0 Å². The molecule has 1 aliphatic carbocycles. The predicted octanol–water partition coefficient (Wildman–Crippen LogP) is 2.17. The number of carbonyl (C=O) groups is 1. The van der Waals surface area contributed by atoms with Crippen molar-refractivity contribution in [3.8, 4) is 0 Å². The quantitative estimate of drug-likeness (QED) is 0.760. The lowest BCUT2D eigenvalue weighted by molar-refractivity contribution is -0.134. The summed E-state index contributed by atoms with van der Waals surface area (Å²) in [5.41, 5.74) is 5.46.